The van der Waals surface area contributed by atoms with E-state index >= 15 is 0 Å². The summed E-state index contributed by atoms with van der Waals surface area (Å²) in [5.74, 6) is -0.245. The van der Waals surface area contributed by atoms with Crippen molar-refractivity contribution in [2.75, 3.05) is 12.8 Å². The van der Waals surface area contributed by atoms with Crippen molar-refractivity contribution in [2.24, 2.45) is 5.92 Å². The Morgan fingerprint density at radius 2 is 1.93 bits per heavy atom. The van der Waals surface area contributed by atoms with Crippen LogP contribution in [0.4, 0.5) is 11.4 Å². The number of likely N-dealkylation sites (N-methyl/N-ethyl adjacent to an activating group) is 1. The molecule has 5 N–H and O–H groups in total. The van der Waals surface area contributed by atoms with Gasteiger partial charge in [0.1, 0.15) is 17.5 Å². The maximum atomic E-state index is 12.7. The van der Waals surface area contributed by atoms with Crippen LogP contribution in [0.5, 0.6) is 0 Å². The quantitative estimate of drug-likeness (QED) is 0.434. The number of benzene rings is 1. The first-order valence-electron chi connectivity index (χ1n) is 9.59. The first-order valence-corrected chi connectivity index (χ1v) is 9.59. The van der Waals surface area contributed by atoms with Crippen LogP contribution >= 0.6 is 0 Å². The number of amides is 2. The molecule has 1 aliphatic carbocycles. The van der Waals surface area contributed by atoms with E-state index in [9.17, 15) is 14.5 Å². The highest BCUT2D eigenvalue weighted by Crippen LogP contribution is 2.30. The van der Waals surface area contributed by atoms with Crippen LogP contribution < -0.4 is 16.4 Å². The highest BCUT2D eigenvalue weighted by molar-refractivity contribution is 5.96. The van der Waals surface area contributed by atoms with E-state index in [0.717, 1.165) is 32.1 Å². The van der Waals surface area contributed by atoms with E-state index in [1.54, 1.807) is 19.2 Å². The van der Waals surface area contributed by atoms with Crippen LogP contribution in [0.1, 0.15) is 42.7 Å². The second-order valence-electron chi connectivity index (χ2n) is 7.17. The zero-order valence-electron chi connectivity index (χ0n) is 16.2. The molecule has 1 atom stereocenters. The predicted octanol–water partition coefficient (Wildman–Crippen LogP) is 2.75. The summed E-state index contributed by atoms with van der Waals surface area (Å²) < 4.78 is 5.62. The summed E-state index contributed by atoms with van der Waals surface area (Å²) in [7, 11) is 1.55. The van der Waals surface area contributed by atoms with E-state index < -0.39 is 11.9 Å². The molecule has 1 aromatic heterocycles. The molecular weight excluding hydrogens is 376 g/mol. The zero-order chi connectivity index (χ0) is 21.0. The SMILES string of the molecule is CNC(=O)[C@@H](NC(=O)c1ccc(-c2ccc(N)c([N+](=O)O)c2)o1)C1CCCCC1. The summed E-state index contributed by atoms with van der Waals surface area (Å²) in [5, 5.41) is 14.5. The molecule has 0 spiro atoms. The summed E-state index contributed by atoms with van der Waals surface area (Å²) in [6.45, 7) is 0. The smallest absolute Gasteiger partial charge is 0.339 e. The van der Waals surface area contributed by atoms with Gasteiger partial charge in [0, 0.05) is 18.7 Å². The van der Waals surface area contributed by atoms with Crippen molar-refractivity contribution in [3.8, 4) is 11.3 Å². The number of nitrogens with one attached hydrogen (secondary N) is 2. The van der Waals surface area contributed by atoms with Crippen LogP contribution in [0, 0.1) is 10.8 Å². The van der Waals surface area contributed by atoms with Crippen LogP contribution in [0.15, 0.2) is 34.7 Å². The molecule has 2 aromatic rings. The molecule has 154 valence electrons. The summed E-state index contributed by atoms with van der Waals surface area (Å²) in [6.07, 6.45) is 5.01. The molecule has 9 nitrogen and oxygen atoms in total. The van der Waals surface area contributed by atoms with Gasteiger partial charge in [0.05, 0.1) is 4.91 Å². The average Bonchev–Trinajstić information content (AvgIpc) is 3.22. The molecule has 29 heavy (non-hydrogen) atoms. The van der Waals surface area contributed by atoms with Gasteiger partial charge >= 0.3 is 5.69 Å². The van der Waals surface area contributed by atoms with Crippen molar-refractivity contribution in [2.45, 2.75) is 38.1 Å². The van der Waals surface area contributed by atoms with E-state index in [4.69, 9.17) is 15.4 Å². The third-order valence-corrected chi connectivity index (χ3v) is 5.29. The largest absolute Gasteiger partial charge is 0.451 e. The molecule has 0 bridgehead atoms. The highest BCUT2D eigenvalue weighted by Gasteiger charge is 2.31. The lowest BCUT2D eigenvalue weighted by Gasteiger charge is -2.29. The number of carbonyl (C=O) groups is 2. The van der Waals surface area contributed by atoms with Gasteiger partial charge in [-0.1, -0.05) is 19.3 Å². The van der Waals surface area contributed by atoms with E-state index in [0.29, 0.717) is 11.3 Å². The number of hydrogen-bond acceptors (Lipinski definition) is 5. The minimum absolute atomic E-state index is 0.0473. The molecule has 0 radical (unpaired) electrons. The second kappa shape index (κ2) is 8.76. The Balaban J connectivity index is 1.78. The van der Waals surface area contributed by atoms with Crippen LogP contribution in [0.25, 0.3) is 11.3 Å². The van der Waals surface area contributed by atoms with E-state index in [1.165, 1.54) is 18.2 Å². The Morgan fingerprint density at radius 1 is 1.21 bits per heavy atom. The Kier molecular flexibility index (Phi) is 6.16. The van der Waals surface area contributed by atoms with Gasteiger partial charge in [0.15, 0.2) is 5.76 Å². The van der Waals surface area contributed by atoms with Crippen LogP contribution in [0.3, 0.4) is 0 Å². The summed E-state index contributed by atoms with van der Waals surface area (Å²) >= 11 is 0. The van der Waals surface area contributed by atoms with Crippen molar-refractivity contribution in [3.05, 3.63) is 41.0 Å². The molecular formula is C20H25N4O5+. The fourth-order valence-corrected chi connectivity index (χ4v) is 3.71. The lowest BCUT2D eigenvalue weighted by Crippen LogP contribution is -2.50. The number of nitrogens with zero attached hydrogens (tertiary/aromatic N) is 1. The molecule has 0 aliphatic heterocycles. The number of carbonyl (C=O) groups excluding carboxylic acids is 2. The molecule has 3 rings (SSSR count). The van der Waals surface area contributed by atoms with Crippen molar-refractivity contribution in [1.29, 1.82) is 0 Å². The summed E-state index contributed by atoms with van der Waals surface area (Å²) in [6, 6.07) is 6.88. The monoisotopic (exact) mass is 401 g/mol. The molecule has 1 aliphatic rings. The molecule has 1 aromatic carbocycles. The second-order valence-corrected chi connectivity index (χ2v) is 7.17. The van der Waals surface area contributed by atoms with Crippen LogP contribution in [0.2, 0.25) is 0 Å². The van der Waals surface area contributed by atoms with Crippen molar-refractivity contribution in [1.82, 2.24) is 10.6 Å². The Morgan fingerprint density at radius 3 is 2.59 bits per heavy atom. The molecule has 1 fully saturated rings. The number of anilines is 1. The Labute approximate surface area is 167 Å². The lowest BCUT2D eigenvalue weighted by atomic mass is 9.83. The van der Waals surface area contributed by atoms with Crippen molar-refractivity contribution < 1.29 is 24.1 Å². The standard InChI is InChI=1S/C20H24N4O5/c1-22-20(26)18(12-5-3-2-4-6-12)23-19(25)17-10-9-16(29-17)13-7-8-14(21)15(11-13)24(27)28/h7-12,18H,2-6H2,1H3,(H4-,21,22,23,25,26,27,28)/p+1/t18-/m0/s1. The average molecular weight is 401 g/mol. The van der Waals surface area contributed by atoms with Gasteiger partial charge in [0.2, 0.25) is 5.91 Å². The van der Waals surface area contributed by atoms with E-state index in [1.807, 2.05) is 0 Å². The molecule has 2 amide bonds. The van der Waals surface area contributed by atoms with Gasteiger partial charge in [-0.25, -0.2) is 5.21 Å². The number of hydrogen-bond donors (Lipinski definition) is 4. The van der Waals surface area contributed by atoms with E-state index in [2.05, 4.69) is 10.6 Å². The predicted molar refractivity (Wildman–Crippen MR) is 106 cm³/mol. The highest BCUT2D eigenvalue weighted by atomic mass is 16.6. The fourth-order valence-electron chi connectivity index (χ4n) is 3.71. The number of nitrogens with two attached hydrogens (primary N) is 1. The Bertz CT molecular complexity index is 917. The van der Waals surface area contributed by atoms with Gasteiger partial charge in [-0.05, 0) is 43.0 Å². The Hall–Kier alpha value is -3.36. The van der Waals surface area contributed by atoms with Gasteiger partial charge in [-0.3, -0.25) is 9.59 Å². The molecule has 1 saturated carbocycles. The molecule has 0 unspecified atom stereocenters. The normalized spacial score (nSPS) is 15.5. The summed E-state index contributed by atoms with van der Waals surface area (Å²) in [4.78, 5) is 35.9. The maximum Gasteiger partial charge on any atom is 0.339 e. The minimum Gasteiger partial charge on any atom is -0.451 e. The van der Waals surface area contributed by atoms with Crippen LogP contribution in [-0.4, -0.2) is 35.0 Å². The van der Waals surface area contributed by atoms with Gasteiger partial charge < -0.3 is 20.8 Å². The number of furan rings is 1. The summed E-state index contributed by atoms with van der Waals surface area (Å²) in [5.41, 5.74) is 6.11. The fraction of sp³-hybridized carbons (Fsp3) is 0.400. The van der Waals surface area contributed by atoms with Gasteiger partial charge in [0.25, 0.3) is 10.8 Å². The minimum atomic E-state index is -0.618. The molecule has 1 heterocycles. The van der Waals surface area contributed by atoms with E-state index in [-0.39, 0.29) is 33.9 Å². The first-order chi connectivity index (χ1) is 13.9. The number of rotatable bonds is 6. The maximum absolute atomic E-state index is 12.7. The number of nitrogen functional groups attached to an aromatic ring is 1. The molecule has 9 heteroatoms. The van der Waals surface area contributed by atoms with Gasteiger partial charge in [-0.15, -0.1) is 0 Å². The lowest BCUT2D eigenvalue weighted by molar-refractivity contribution is -0.729. The zero-order valence-corrected chi connectivity index (χ0v) is 16.2. The van der Waals surface area contributed by atoms with Crippen molar-refractivity contribution in [3.63, 3.8) is 0 Å². The topological polar surface area (TPSA) is 138 Å². The van der Waals surface area contributed by atoms with Crippen LogP contribution in [-0.2, 0) is 4.79 Å². The molecule has 0 saturated heterocycles. The third-order valence-electron chi connectivity index (χ3n) is 5.29. The van der Waals surface area contributed by atoms with Gasteiger partial charge in [-0.2, -0.15) is 0 Å². The third kappa shape index (κ3) is 4.56. The first kappa shape index (κ1) is 20.4. The van der Waals surface area contributed by atoms with Crippen molar-refractivity contribution >= 4 is 23.2 Å².